The number of hydrogen-bond donors (Lipinski definition) is 2. The molecule has 0 atom stereocenters. The number of carbonyl (C=O) groups is 2. The Morgan fingerprint density at radius 2 is 1.31 bits per heavy atom. The Bertz CT molecular complexity index is 875. The van der Waals surface area contributed by atoms with E-state index in [2.05, 4.69) is 10.9 Å². The highest BCUT2D eigenvalue weighted by atomic mass is 32.2. The van der Waals surface area contributed by atoms with Crippen molar-refractivity contribution in [2.75, 3.05) is 12.4 Å². The highest BCUT2D eigenvalue weighted by Crippen LogP contribution is 2.13. The predicted molar refractivity (Wildman–Crippen MR) is 96.7 cm³/mol. The number of benzene rings is 2. The maximum atomic E-state index is 12.1. The molecule has 2 rings (SSSR count). The molecule has 0 aliphatic carbocycles. The fourth-order valence-electron chi connectivity index (χ4n) is 2.11. The zero-order chi connectivity index (χ0) is 19.2. The van der Waals surface area contributed by atoms with E-state index in [1.807, 2.05) is 6.92 Å². The fraction of sp³-hybridized carbons (Fsp3) is 0.222. The molecule has 0 saturated carbocycles. The quantitative estimate of drug-likeness (QED) is 0.751. The average molecular weight is 376 g/mol. The molecule has 0 aliphatic rings. The molecular weight excluding hydrogens is 356 g/mol. The molecule has 0 unspecified atom stereocenters. The van der Waals surface area contributed by atoms with Gasteiger partial charge in [-0.3, -0.25) is 20.4 Å². The standard InChI is InChI=1S/C18H20N2O5S/c1-3-25-15-9-5-13(6-10-15)17(21)19-20-18(22)14-7-11-16(12-8-14)26(23,24)4-2/h5-12H,3-4H2,1-2H3,(H,19,21)(H,20,22). The van der Waals surface area contributed by atoms with Crippen molar-refractivity contribution in [3.8, 4) is 5.75 Å². The summed E-state index contributed by atoms with van der Waals surface area (Å²) in [7, 11) is -3.32. The van der Waals surface area contributed by atoms with Crippen LogP contribution in [0.25, 0.3) is 0 Å². The van der Waals surface area contributed by atoms with E-state index in [4.69, 9.17) is 4.74 Å². The van der Waals surface area contributed by atoms with Crippen LogP contribution < -0.4 is 15.6 Å². The van der Waals surface area contributed by atoms with Crippen molar-refractivity contribution in [2.24, 2.45) is 0 Å². The third-order valence-corrected chi connectivity index (χ3v) is 5.32. The molecule has 8 heteroatoms. The lowest BCUT2D eigenvalue weighted by atomic mass is 10.2. The van der Waals surface area contributed by atoms with Gasteiger partial charge in [-0.2, -0.15) is 0 Å². The molecular formula is C18H20N2O5S. The Morgan fingerprint density at radius 3 is 1.73 bits per heavy atom. The smallest absolute Gasteiger partial charge is 0.269 e. The van der Waals surface area contributed by atoms with Gasteiger partial charge in [0, 0.05) is 11.1 Å². The lowest BCUT2D eigenvalue weighted by Gasteiger charge is -2.09. The summed E-state index contributed by atoms with van der Waals surface area (Å²) in [5, 5.41) is 0. The monoisotopic (exact) mass is 376 g/mol. The topological polar surface area (TPSA) is 102 Å². The number of hydrogen-bond acceptors (Lipinski definition) is 5. The van der Waals surface area contributed by atoms with E-state index in [-0.39, 0.29) is 16.2 Å². The van der Waals surface area contributed by atoms with Crippen LogP contribution in [-0.4, -0.2) is 32.6 Å². The highest BCUT2D eigenvalue weighted by molar-refractivity contribution is 7.91. The third kappa shape index (κ3) is 4.82. The Hall–Kier alpha value is -2.87. The van der Waals surface area contributed by atoms with E-state index >= 15 is 0 Å². The van der Waals surface area contributed by atoms with Gasteiger partial charge in [-0.25, -0.2) is 8.42 Å². The second-order valence-corrected chi connectivity index (χ2v) is 7.57. The van der Waals surface area contributed by atoms with Crippen molar-refractivity contribution >= 4 is 21.7 Å². The Labute approximate surface area is 152 Å². The first-order chi connectivity index (χ1) is 12.4. The molecule has 0 radical (unpaired) electrons. The first-order valence-electron chi connectivity index (χ1n) is 8.03. The van der Waals surface area contributed by atoms with Crippen LogP contribution in [0.2, 0.25) is 0 Å². The summed E-state index contributed by atoms with van der Waals surface area (Å²) >= 11 is 0. The minimum absolute atomic E-state index is 0.0172. The van der Waals surface area contributed by atoms with Gasteiger partial charge in [0.25, 0.3) is 11.8 Å². The molecule has 0 heterocycles. The molecule has 0 saturated heterocycles. The summed E-state index contributed by atoms with van der Waals surface area (Å²) in [5.74, 6) is -0.400. The number of ether oxygens (including phenoxy) is 1. The zero-order valence-corrected chi connectivity index (χ0v) is 15.3. The first kappa shape index (κ1) is 19.5. The minimum Gasteiger partial charge on any atom is -0.494 e. The average Bonchev–Trinajstić information content (AvgIpc) is 2.66. The van der Waals surface area contributed by atoms with Crippen LogP contribution in [0.5, 0.6) is 5.75 Å². The maximum Gasteiger partial charge on any atom is 0.269 e. The zero-order valence-electron chi connectivity index (χ0n) is 14.5. The summed E-state index contributed by atoms with van der Waals surface area (Å²) in [5.41, 5.74) is 5.19. The van der Waals surface area contributed by atoms with Crippen molar-refractivity contribution in [1.82, 2.24) is 10.9 Å². The summed E-state index contributed by atoms with van der Waals surface area (Å²) in [6, 6.07) is 12.0. The number of nitrogens with one attached hydrogen (secondary N) is 2. The van der Waals surface area contributed by atoms with E-state index in [1.165, 1.54) is 24.3 Å². The molecule has 7 nitrogen and oxygen atoms in total. The molecule has 0 spiro atoms. The summed E-state index contributed by atoms with van der Waals surface area (Å²) in [6.45, 7) is 3.94. The largest absolute Gasteiger partial charge is 0.494 e. The van der Waals surface area contributed by atoms with Gasteiger partial charge in [0.05, 0.1) is 17.3 Å². The Balaban J connectivity index is 1.96. The Kier molecular flexibility index (Phi) is 6.35. The van der Waals surface area contributed by atoms with E-state index in [0.717, 1.165) is 0 Å². The normalized spacial score (nSPS) is 10.8. The van der Waals surface area contributed by atoms with Gasteiger partial charge in [-0.1, -0.05) is 6.92 Å². The van der Waals surface area contributed by atoms with Gasteiger partial charge in [0.1, 0.15) is 5.75 Å². The number of hydrazine groups is 1. The van der Waals surface area contributed by atoms with E-state index in [0.29, 0.717) is 17.9 Å². The molecule has 2 aromatic carbocycles. The van der Waals surface area contributed by atoms with Crippen molar-refractivity contribution < 1.29 is 22.7 Å². The van der Waals surface area contributed by atoms with E-state index < -0.39 is 21.7 Å². The molecule has 2 aromatic rings. The molecule has 2 amide bonds. The number of carbonyl (C=O) groups excluding carboxylic acids is 2. The lowest BCUT2D eigenvalue weighted by Crippen LogP contribution is -2.41. The van der Waals surface area contributed by atoms with Gasteiger partial charge < -0.3 is 4.74 Å². The third-order valence-electron chi connectivity index (χ3n) is 3.57. The van der Waals surface area contributed by atoms with E-state index in [9.17, 15) is 18.0 Å². The fourth-order valence-corrected chi connectivity index (χ4v) is 2.99. The molecule has 2 N–H and O–H groups in total. The SMILES string of the molecule is CCOc1ccc(C(=O)NNC(=O)c2ccc(S(=O)(=O)CC)cc2)cc1. The number of amides is 2. The van der Waals surface area contributed by atoms with Crippen molar-refractivity contribution in [3.05, 3.63) is 59.7 Å². The van der Waals surface area contributed by atoms with Crippen LogP contribution in [0.1, 0.15) is 34.6 Å². The Morgan fingerprint density at radius 1 is 0.846 bits per heavy atom. The van der Waals surface area contributed by atoms with Crippen LogP contribution in [0.4, 0.5) is 0 Å². The van der Waals surface area contributed by atoms with Gasteiger partial charge in [-0.15, -0.1) is 0 Å². The van der Waals surface area contributed by atoms with E-state index in [1.54, 1.807) is 31.2 Å². The number of rotatable bonds is 6. The summed E-state index contributed by atoms with van der Waals surface area (Å²) in [4.78, 5) is 24.2. The van der Waals surface area contributed by atoms with Gasteiger partial charge >= 0.3 is 0 Å². The van der Waals surface area contributed by atoms with Gasteiger partial charge in [0.15, 0.2) is 9.84 Å². The molecule has 0 aromatic heterocycles. The molecule has 0 fully saturated rings. The molecule has 0 aliphatic heterocycles. The van der Waals surface area contributed by atoms with Crippen LogP contribution in [0.15, 0.2) is 53.4 Å². The first-order valence-corrected chi connectivity index (χ1v) is 9.69. The van der Waals surface area contributed by atoms with Crippen molar-refractivity contribution in [3.63, 3.8) is 0 Å². The summed E-state index contributed by atoms with van der Waals surface area (Å²) in [6.07, 6.45) is 0. The maximum absolute atomic E-state index is 12.1. The van der Waals surface area contributed by atoms with Gasteiger partial charge in [-0.05, 0) is 55.5 Å². The van der Waals surface area contributed by atoms with Crippen LogP contribution in [0, 0.1) is 0 Å². The van der Waals surface area contributed by atoms with Gasteiger partial charge in [0.2, 0.25) is 0 Å². The second-order valence-electron chi connectivity index (χ2n) is 5.29. The summed E-state index contributed by atoms with van der Waals surface area (Å²) < 4.78 is 28.8. The van der Waals surface area contributed by atoms with Crippen LogP contribution in [0.3, 0.4) is 0 Å². The highest BCUT2D eigenvalue weighted by Gasteiger charge is 2.13. The van der Waals surface area contributed by atoms with Crippen molar-refractivity contribution in [2.45, 2.75) is 18.7 Å². The van der Waals surface area contributed by atoms with Crippen molar-refractivity contribution in [1.29, 1.82) is 0 Å². The van der Waals surface area contributed by atoms with Crippen LogP contribution >= 0.6 is 0 Å². The minimum atomic E-state index is -3.32. The molecule has 0 bridgehead atoms. The van der Waals surface area contributed by atoms with Crippen LogP contribution in [-0.2, 0) is 9.84 Å². The number of sulfone groups is 1. The lowest BCUT2D eigenvalue weighted by molar-refractivity contribution is 0.0846. The molecule has 26 heavy (non-hydrogen) atoms. The second kappa shape index (κ2) is 8.48. The molecule has 138 valence electrons. The predicted octanol–water partition coefficient (Wildman–Crippen LogP) is 1.95.